The summed E-state index contributed by atoms with van der Waals surface area (Å²) in [5, 5.41) is 0.306. The van der Waals surface area contributed by atoms with Gasteiger partial charge in [0.05, 0.1) is 16.9 Å². The van der Waals surface area contributed by atoms with Crippen LogP contribution in [0.4, 0.5) is 10.8 Å². The van der Waals surface area contributed by atoms with Gasteiger partial charge in [-0.1, -0.05) is 11.3 Å². The molecule has 2 aromatic carbocycles. The topological polar surface area (TPSA) is 111 Å². The fraction of sp³-hybridized carbons (Fsp3) is 0.176. The average Bonchev–Trinajstić information content (AvgIpc) is 2.94. The maximum absolute atomic E-state index is 12.8. The van der Waals surface area contributed by atoms with Gasteiger partial charge >= 0.3 is 5.97 Å². The van der Waals surface area contributed by atoms with E-state index in [0.29, 0.717) is 26.6 Å². The lowest BCUT2D eigenvalue weighted by Crippen LogP contribution is -2.14. The first-order valence-electron chi connectivity index (χ1n) is 7.77. The summed E-state index contributed by atoms with van der Waals surface area (Å²) >= 11 is 1.24. The van der Waals surface area contributed by atoms with Crippen molar-refractivity contribution in [1.29, 1.82) is 0 Å². The molecule has 0 bridgehead atoms. The van der Waals surface area contributed by atoms with Gasteiger partial charge in [-0.05, 0) is 55.8 Å². The standard InChI is InChI=1S/C17H17N3O4S2/c1-3-24-16(21)11-4-6-12(7-5-11)20-26(22,23)14-9-10(2)8-13-15(14)19-17(18)25-13/h4-9,20H,3H2,1-2H3,(H2,18,19). The molecule has 26 heavy (non-hydrogen) atoms. The van der Waals surface area contributed by atoms with Crippen molar-refractivity contribution in [3.8, 4) is 0 Å². The molecule has 0 aliphatic heterocycles. The maximum Gasteiger partial charge on any atom is 0.338 e. The van der Waals surface area contributed by atoms with Gasteiger partial charge in [-0.2, -0.15) is 0 Å². The number of rotatable bonds is 5. The van der Waals surface area contributed by atoms with Crippen LogP contribution in [-0.4, -0.2) is 26.0 Å². The molecule has 3 rings (SSSR count). The summed E-state index contributed by atoms with van der Waals surface area (Å²) in [5.41, 5.74) is 7.53. The zero-order valence-corrected chi connectivity index (χ0v) is 15.8. The summed E-state index contributed by atoms with van der Waals surface area (Å²) in [4.78, 5) is 15.9. The third kappa shape index (κ3) is 3.63. The molecule has 0 aliphatic rings. The SMILES string of the molecule is CCOC(=O)c1ccc(NS(=O)(=O)c2cc(C)cc3sc(N)nc23)cc1. The molecule has 0 amide bonds. The minimum atomic E-state index is -3.87. The van der Waals surface area contributed by atoms with Crippen molar-refractivity contribution < 1.29 is 17.9 Å². The Morgan fingerprint density at radius 2 is 1.96 bits per heavy atom. The summed E-state index contributed by atoms with van der Waals surface area (Å²) in [7, 11) is -3.87. The lowest BCUT2D eigenvalue weighted by atomic mass is 10.2. The molecule has 7 nitrogen and oxygen atoms in total. The smallest absolute Gasteiger partial charge is 0.338 e. The van der Waals surface area contributed by atoms with Crippen molar-refractivity contribution >= 4 is 48.4 Å². The minimum Gasteiger partial charge on any atom is -0.462 e. The number of aromatic nitrogens is 1. The van der Waals surface area contributed by atoms with Gasteiger partial charge < -0.3 is 10.5 Å². The molecule has 1 heterocycles. The Morgan fingerprint density at radius 3 is 2.62 bits per heavy atom. The van der Waals surface area contributed by atoms with Gasteiger partial charge in [-0.25, -0.2) is 18.2 Å². The van der Waals surface area contributed by atoms with E-state index in [0.717, 1.165) is 5.56 Å². The molecule has 136 valence electrons. The molecule has 3 N–H and O–H groups in total. The third-order valence-electron chi connectivity index (χ3n) is 3.56. The first kappa shape index (κ1) is 18.2. The average molecular weight is 391 g/mol. The predicted octanol–water partition coefficient (Wildman–Crippen LogP) is 3.16. The number of benzene rings is 2. The molecule has 0 unspecified atom stereocenters. The van der Waals surface area contributed by atoms with Crippen LogP contribution < -0.4 is 10.5 Å². The van der Waals surface area contributed by atoms with E-state index in [4.69, 9.17) is 10.5 Å². The van der Waals surface area contributed by atoms with Crippen LogP contribution in [0.2, 0.25) is 0 Å². The Morgan fingerprint density at radius 1 is 1.27 bits per heavy atom. The monoisotopic (exact) mass is 391 g/mol. The number of nitrogens with two attached hydrogens (primary N) is 1. The number of nitrogens with zero attached hydrogens (tertiary/aromatic N) is 1. The fourth-order valence-corrected chi connectivity index (χ4v) is 4.68. The molecule has 0 fully saturated rings. The summed E-state index contributed by atoms with van der Waals surface area (Å²) in [6.07, 6.45) is 0. The number of carbonyl (C=O) groups is 1. The number of fused-ring (bicyclic) bond motifs is 1. The molecule has 3 aromatic rings. The van der Waals surface area contributed by atoms with E-state index in [1.54, 1.807) is 13.0 Å². The van der Waals surface area contributed by atoms with Crippen LogP contribution in [0.1, 0.15) is 22.8 Å². The first-order chi connectivity index (χ1) is 12.3. The van der Waals surface area contributed by atoms with Crippen LogP contribution in [0, 0.1) is 6.92 Å². The van der Waals surface area contributed by atoms with Gasteiger partial charge in [0, 0.05) is 5.69 Å². The normalized spacial score (nSPS) is 11.5. The number of carbonyl (C=O) groups excluding carboxylic acids is 1. The highest BCUT2D eigenvalue weighted by Crippen LogP contribution is 2.31. The number of sulfonamides is 1. The molecule has 0 atom stereocenters. The predicted molar refractivity (Wildman–Crippen MR) is 102 cm³/mol. The van der Waals surface area contributed by atoms with Crippen molar-refractivity contribution in [1.82, 2.24) is 4.98 Å². The van der Waals surface area contributed by atoms with Gasteiger partial charge in [-0.3, -0.25) is 4.72 Å². The Labute approximate surface area is 154 Å². The number of nitrogens with one attached hydrogen (secondary N) is 1. The number of aryl methyl sites for hydroxylation is 1. The summed E-state index contributed by atoms with van der Waals surface area (Å²) in [6, 6.07) is 9.41. The number of hydrogen-bond acceptors (Lipinski definition) is 7. The van der Waals surface area contributed by atoms with Crippen LogP contribution in [0.25, 0.3) is 10.2 Å². The first-order valence-corrected chi connectivity index (χ1v) is 10.1. The molecule has 9 heteroatoms. The molecule has 0 saturated heterocycles. The van der Waals surface area contributed by atoms with E-state index in [-0.39, 0.29) is 11.5 Å². The van der Waals surface area contributed by atoms with Crippen molar-refractivity contribution in [2.45, 2.75) is 18.7 Å². The van der Waals surface area contributed by atoms with E-state index in [1.807, 2.05) is 13.0 Å². The highest BCUT2D eigenvalue weighted by atomic mass is 32.2. The van der Waals surface area contributed by atoms with Crippen molar-refractivity contribution in [3.05, 3.63) is 47.5 Å². The zero-order valence-electron chi connectivity index (χ0n) is 14.1. The minimum absolute atomic E-state index is 0.0647. The lowest BCUT2D eigenvalue weighted by Gasteiger charge is -2.10. The van der Waals surface area contributed by atoms with E-state index < -0.39 is 16.0 Å². The molecule has 0 spiro atoms. The Bertz CT molecular complexity index is 1070. The molecule has 0 radical (unpaired) electrons. The quantitative estimate of drug-likeness (QED) is 0.646. The highest BCUT2D eigenvalue weighted by molar-refractivity contribution is 7.93. The second kappa shape index (κ2) is 6.93. The number of anilines is 2. The second-order valence-corrected chi connectivity index (χ2v) is 8.28. The van der Waals surface area contributed by atoms with Crippen molar-refractivity contribution in [2.24, 2.45) is 0 Å². The Hall–Kier alpha value is -2.65. The van der Waals surface area contributed by atoms with Gasteiger partial charge in [0.15, 0.2) is 5.13 Å². The second-order valence-electron chi connectivity index (χ2n) is 5.57. The highest BCUT2D eigenvalue weighted by Gasteiger charge is 2.21. The summed E-state index contributed by atoms with van der Waals surface area (Å²) in [6.45, 7) is 3.80. The summed E-state index contributed by atoms with van der Waals surface area (Å²) < 4.78 is 33.8. The number of hydrogen-bond donors (Lipinski definition) is 2. The fourth-order valence-electron chi connectivity index (χ4n) is 2.45. The molecular weight excluding hydrogens is 374 g/mol. The zero-order chi connectivity index (χ0) is 18.9. The van der Waals surface area contributed by atoms with Gasteiger partial charge in [0.1, 0.15) is 10.4 Å². The molecule has 1 aromatic heterocycles. The number of thiazole rings is 1. The van der Waals surface area contributed by atoms with Crippen LogP contribution in [0.15, 0.2) is 41.3 Å². The Balaban J connectivity index is 1.93. The van der Waals surface area contributed by atoms with E-state index in [2.05, 4.69) is 9.71 Å². The lowest BCUT2D eigenvalue weighted by molar-refractivity contribution is 0.0526. The number of nitrogen functional groups attached to an aromatic ring is 1. The molecule has 0 aliphatic carbocycles. The number of ether oxygens (including phenoxy) is 1. The maximum atomic E-state index is 12.8. The van der Waals surface area contributed by atoms with Crippen LogP contribution in [-0.2, 0) is 14.8 Å². The third-order valence-corrected chi connectivity index (χ3v) is 5.78. The van der Waals surface area contributed by atoms with Crippen LogP contribution in [0.3, 0.4) is 0 Å². The Kier molecular flexibility index (Phi) is 4.84. The van der Waals surface area contributed by atoms with Gasteiger partial charge in [0.25, 0.3) is 10.0 Å². The van der Waals surface area contributed by atoms with E-state index in [9.17, 15) is 13.2 Å². The van der Waals surface area contributed by atoms with Gasteiger partial charge in [-0.15, -0.1) is 0 Å². The van der Waals surface area contributed by atoms with E-state index in [1.165, 1.54) is 35.6 Å². The molecular formula is C17H17N3O4S2. The van der Waals surface area contributed by atoms with Crippen LogP contribution in [0.5, 0.6) is 0 Å². The van der Waals surface area contributed by atoms with Crippen molar-refractivity contribution in [3.63, 3.8) is 0 Å². The van der Waals surface area contributed by atoms with Crippen molar-refractivity contribution in [2.75, 3.05) is 17.1 Å². The van der Waals surface area contributed by atoms with Gasteiger partial charge in [0.2, 0.25) is 0 Å². The molecule has 0 saturated carbocycles. The largest absolute Gasteiger partial charge is 0.462 e. The van der Waals surface area contributed by atoms with E-state index >= 15 is 0 Å². The summed E-state index contributed by atoms with van der Waals surface area (Å²) in [5.74, 6) is -0.458. The van der Waals surface area contributed by atoms with Crippen LogP contribution >= 0.6 is 11.3 Å². The number of esters is 1.